The molecule has 2 heterocycles. The third kappa shape index (κ3) is 3.31. The molecule has 0 unspecified atom stereocenters. The first-order chi connectivity index (χ1) is 12.6. The van der Waals surface area contributed by atoms with Gasteiger partial charge in [0.05, 0.1) is 10.6 Å². The Morgan fingerprint density at radius 3 is 2.62 bits per heavy atom. The number of carbonyl (C=O) groups is 1. The Kier molecular flexibility index (Phi) is 4.40. The van der Waals surface area contributed by atoms with E-state index in [-0.39, 0.29) is 11.9 Å². The fraction of sp³-hybridized carbons (Fsp3) is 0.118. The van der Waals surface area contributed by atoms with Gasteiger partial charge >= 0.3 is 6.01 Å². The van der Waals surface area contributed by atoms with Gasteiger partial charge in [-0.15, -0.1) is 5.10 Å². The van der Waals surface area contributed by atoms with Crippen molar-refractivity contribution in [3.8, 4) is 23.0 Å². The van der Waals surface area contributed by atoms with E-state index in [2.05, 4.69) is 15.5 Å². The molecule has 2 aromatic carbocycles. The molecule has 1 amide bonds. The fourth-order valence-electron chi connectivity index (χ4n) is 2.40. The summed E-state index contributed by atoms with van der Waals surface area (Å²) in [6, 6.07) is 9.72. The van der Waals surface area contributed by atoms with Crippen LogP contribution in [0.1, 0.15) is 10.4 Å². The molecular formula is C17H11Cl2N3O4. The Balaban J connectivity index is 1.53. The first-order valence-electron chi connectivity index (χ1n) is 7.60. The van der Waals surface area contributed by atoms with Crippen molar-refractivity contribution >= 4 is 35.1 Å². The van der Waals surface area contributed by atoms with Gasteiger partial charge in [0.1, 0.15) is 13.2 Å². The molecule has 0 saturated heterocycles. The van der Waals surface area contributed by atoms with Gasteiger partial charge in [0.25, 0.3) is 11.8 Å². The van der Waals surface area contributed by atoms with E-state index >= 15 is 0 Å². The zero-order valence-corrected chi connectivity index (χ0v) is 14.7. The van der Waals surface area contributed by atoms with E-state index in [9.17, 15) is 4.79 Å². The van der Waals surface area contributed by atoms with Gasteiger partial charge < -0.3 is 13.9 Å². The van der Waals surface area contributed by atoms with Crippen LogP contribution >= 0.6 is 23.2 Å². The number of nitrogens with zero attached hydrogens (tertiary/aromatic N) is 2. The number of fused-ring (bicyclic) bond motifs is 1. The molecule has 4 rings (SSSR count). The Labute approximate surface area is 157 Å². The highest BCUT2D eigenvalue weighted by molar-refractivity contribution is 6.36. The van der Waals surface area contributed by atoms with E-state index in [0.29, 0.717) is 45.9 Å². The number of rotatable bonds is 3. The summed E-state index contributed by atoms with van der Waals surface area (Å²) in [4.78, 5) is 12.4. The van der Waals surface area contributed by atoms with Gasteiger partial charge in [-0.05, 0) is 36.4 Å². The van der Waals surface area contributed by atoms with Crippen LogP contribution in [0.25, 0.3) is 11.5 Å². The summed E-state index contributed by atoms with van der Waals surface area (Å²) in [6.07, 6.45) is 0. The third-order valence-corrected chi connectivity index (χ3v) is 4.16. The summed E-state index contributed by atoms with van der Waals surface area (Å²) in [6.45, 7) is 0.920. The van der Waals surface area contributed by atoms with E-state index in [1.165, 1.54) is 0 Å². The molecular weight excluding hydrogens is 381 g/mol. The minimum absolute atomic E-state index is 0.0501. The second kappa shape index (κ2) is 6.86. The fourth-order valence-corrected chi connectivity index (χ4v) is 2.89. The van der Waals surface area contributed by atoms with Crippen LogP contribution in [0.3, 0.4) is 0 Å². The number of benzene rings is 2. The van der Waals surface area contributed by atoms with Crippen LogP contribution in [0.15, 0.2) is 40.8 Å². The first-order valence-corrected chi connectivity index (χ1v) is 8.36. The number of hydrogen-bond acceptors (Lipinski definition) is 6. The largest absolute Gasteiger partial charge is 0.486 e. The zero-order chi connectivity index (χ0) is 18.1. The number of ether oxygens (including phenoxy) is 2. The number of halogens is 2. The monoisotopic (exact) mass is 391 g/mol. The number of carbonyl (C=O) groups excluding carboxylic acids is 1. The highest BCUT2D eigenvalue weighted by Crippen LogP contribution is 2.32. The minimum Gasteiger partial charge on any atom is -0.486 e. The highest BCUT2D eigenvalue weighted by Gasteiger charge is 2.18. The first kappa shape index (κ1) is 16.7. The number of amides is 1. The van der Waals surface area contributed by atoms with Crippen LogP contribution in [0.5, 0.6) is 11.5 Å². The van der Waals surface area contributed by atoms with E-state index in [1.807, 2.05) is 0 Å². The molecule has 26 heavy (non-hydrogen) atoms. The molecule has 0 radical (unpaired) electrons. The molecule has 132 valence electrons. The molecule has 1 N–H and O–H groups in total. The van der Waals surface area contributed by atoms with Crippen LogP contribution < -0.4 is 14.8 Å². The van der Waals surface area contributed by atoms with Crippen molar-refractivity contribution in [1.29, 1.82) is 0 Å². The molecule has 1 aliphatic rings. The van der Waals surface area contributed by atoms with Crippen molar-refractivity contribution in [2.75, 3.05) is 18.5 Å². The predicted molar refractivity (Wildman–Crippen MR) is 95.1 cm³/mol. The second-order valence-electron chi connectivity index (χ2n) is 5.35. The van der Waals surface area contributed by atoms with Gasteiger partial charge in [0, 0.05) is 10.6 Å². The molecule has 0 saturated carbocycles. The van der Waals surface area contributed by atoms with Crippen molar-refractivity contribution in [3.05, 3.63) is 52.0 Å². The summed E-state index contributed by atoms with van der Waals surface area (Å²) in [7, 11) is 0. The normalized spacial score (nSPS) is 12.7. The molecule has 3 aromatic rings. The number of aromatic nitrogens is 2. The summed E-state index contributed by atoms with van der Waals surface area (Å²) in [5.74, 6) is 0.872. The SMILES string of the molecule is O=C(Nc1nnc(-c2ccc(Cl)cc2Cl)o1)c1ccc2c(c1)OCCO2. The molecule has 7 nitrogen and oxygen atoms in total. The Morgan fingerprint density at radius 1 is 1.00 bits per heavy atom. The van der Waals surface area contributed by atoms with Crippen LogP contribution in [0.4, 0.5) is 6.01 Å². The maximum atomic E-state index is 12.4. The zero-order valence-electron chi connectivity index (χ0n) is 13.2. The summed E-state index contributed by atoms with van der Waals surface area (Å²) in [5, 5.41) is 11.1. The molecule has 0 atom stereocenters. The number of nitrogens with one attached hydrogen (secondary N) is 1. The van der Waals surface area contributed by atoms with Crippen molar-refractivity contribution in [2.24, 2.45) is 0 Å². The van der Waals surface area contributed by atoms with E-state index in [1.54, 1.807) is 36.4 Å². The molecule has 0 fully saturated rings. The van der Waals surface area contributed by atoms with Gasteiger partial charge in [-0.3, -0.25) is 10.1 Å². The lowest BCUT2D eigenvalue weighted by molar-refractivity contribution is 0.102. The van der Waals surface area contributed by atoms with Crippen molar-refractivity contribution in [3.63, 3.8) is 0 Å². The van der Waals surface area contributed by atoms with Gasteiger partial charge in [-0.1, -0.05) is 28.3 Å². The molecule has 1 aliphatic heterocycles. The molecule has 1 aromatic heterocycles. The van der Waals surface area contributed by atoms with E-state index in [0.717, 1.165) is 0 Å². The number of hydrogen-bond donors (Lipinski definition) is 1. The summed E-state index contributed by atoms with van der Waals surface area (Å²) < 4.78 is 16.4. The van der Waals surface area contributed by atoms with Crippen molar-refractivity contribution in [2.45, 2.75) is 0 Å². The average Bonchev–Trinajstić information content (AvgIpc) is 3.09. The predicted octanol–water partition coefficient (Wildman–Crippen LogP) is 4.07. The lowest BCUT2D eigenvalue weighted by Crippen LogP contribution is -2.17. The Morgan fingerprint density at radius 2 is 1.81 bits per heavy atom. The van der Waals surface area contributed by atoms with Crippen molar-refractivity contribution in [1.82, 2.24) is 10.2 Å². The molecule has 9 heteroatoms. The minimum atomic E-state index is -0.417. The molecule has 0 aliphatic carbocycles. The number of anilines is 1. The average molecular weight is 392 g/mol. The Bertz CT molecular complexity index is 990. The maximum Gasteiger partial charge on any atom is 0.322 e. The van der Waals surface area contributed by atoms with Crippen molar-refractivity contribution < 1.29 is 18.7 Å². The topological polar surface area (TPSA) is 86.5 Å². The van der Waals surface area contributed by atoms with E-state index in [4.69, 9.17) is 37.1 Å². The van der Waals surface area contributed by atoms with Gasteiger partial charge in [0.2, 0.25) is 0 Å². The van der Waals surface area contributed by atoms with E-state index < -0.39 is 5.91 Å². The van der Waals surface area contributed by atoms with Gasteiger partial charge in [-0.2, -0.15) is 0 Å². The van der Waals surface area contributed by atoms with Crippen LogP contribution in [-0.2, 0) is 0 Å². The van der Waals surface area contributed by atoms with Gasteiger partial charge in [-0.25, -0.2) is 0 Å². The summed E-state index contributed by atoms with van der Waals surface area (Å²) >= 11 is 12.0. The second-order valence-corrected chi connectivity index (χ2v) is 6.19. The maximum absolute atomic E-state index is 12.4. The lowest BCUT2D eigenvalue weighted by Gasteiger charge is -2.18. The van der Waals surface area contributed by atoms with Gasteiger partial charge in [0.15, 0.2) is 11.5 Å². The standard InChI is InChI=1S/C17H11Cl2N3O4/c18-10-2-3-11(12(19)8-10)16-21-22-17(26-16)20-15(23)9-1-4-13-14(7-9)25-6-5-24-13/h1-4,7-8H,5-6H2,(H,20,22,23). The smallest absolute Gasteiger partial charge is 0.322 e. The van der Waals surface area contributed by atoms with Crippen LogP contribution in [0, 0.1) is 0 Å². The molecule has 0 spiro atoms. The summed E-state index contributed by atoms with van der Waals surface area (Å²) in [5.41, 5.74) is 0.891. The molecule has 0 bridgehead atoms. The quantitative estimate of drug-likeness (QED) is 0.723. The Hall–Kier alpha value is -2.77. The lowest BCUT2D eigenvalue weighted by atomic mass is 10.2. The third-order valence-electron chi connectivity index (χ3n) is 3.61. The highest BCUT2D eigenvalue weighted by atomic mass is 35.5. The van der Waals surface area contributed by atoms with Crippen LogP contribution in [0.2, 0.25) is 10.0 Å². The van der Waals surface area contributed by atoms with Crippen LogP contribution in [-0.4, -0.2) is 29.3 Å².